The molecule has 0 bridgehead atoms. The number of ether oxygens (including phenoxy) is 1. The van der Waals surface area contributed by atoms with E-state index < -0.39 is 5.54 Å². The first-order chi connectivity index (χ1) is 13.5. The molecule has 1 heterocycles. The number of carbonyl (C=O) groups excluding carboxylic acids is 1. The predicted octanol–water partition coefficient (Wildman–Crippen LogP) is 3.47. The van der Waals surface area contributed by atoms with E-state index in [2.05, 4.69) is 22.2 Å². The fourth-order valence-electron chi connectivity index (χ4n) is 3.86. The molecule has 0 spiro atoms. The third kappa shape index (κ3) is 4.71. The smallest absolute Gasteiger partial charge is 0.217 e. The summed E-state index contributed by atoms with van der Waals surface area (Å²) in [7, 11) is 0. The van der Waals surface area contributed by atoms with E-state index in [4.69, 9.17) is 11.2 Å². The van der Waals surface area contributed by atoms with Crippen LogP contribution in [0.5, 0.6) is 5.75 Å². The number of hydrogen-bond acceptors (Lipinski definition) is 3. The van der Waals surface area contributed by atoms with Crippen LogP contribution in [0.25, 0.3) is 0 Å². The van der Waals surface area contributed by atoms with Gasteiger partial charge in [-0.1, -0.05) is 36.3 Å². The van der Waals surface area contributed by atoms with Crippen LogP contribution in [0.3, 0.4) is 0 Å². The number of nitrogens with one attached hydrogen (secondary N) is 1. The largest absolute Gasteiger partial charge is 0.481 e. The molecule has 0 aromatic heterocycles. The first-order valence-electron chi connectivity index (χ1n) is 9.44. The van der Waals surface area contributed by atoms with Gasteiger partial charge in [-0.2, -0.15) is 0 Å². The molecule has 4 nitrogen and oxygen atoms in total. The monoisotopic (exact) mass is 380 g/mol. The Hall–Kier alpha value is -2.84. The molecule has 2 aromatic carbocycles. The molecule has 0 saturated carbocycles. The van der Waals surface area contributed by atoms with E-state index in [9.17, 15) is 9.18 Å². The van der Waals surface area contributed by atoms with E-state index in [-0.39, 0.29) is 18.3 Å². The Morgan fingerprint density at radius 3 is 2.68 bits per heavy atom. The summed E-state index contributed by atoms with van der Waals surface area (Å²) < 4.78 is 20.0. The molecule has 0 radical (unpaired) electrons. The number of hydrogen-bond donors (Lipinski definition) is 1. The topological polar surface area (TPSA) is 41.6 Å². The van der Waals surface area contributed by atoms with Gasteiger partial charge in [0.1, 0.15) is 18.2 Å². The lowest BCUT2D eigenvalue weighted by atomic mass is 9.80. The number of terminal acetylenes is 1. The maximum Gasteiger partial charge on any atom is 0.217 e. The summed E-state index contributed by atoms with van der Waals surface area (Å²) in [4.78, 5) is 14.1. The highest BCUT2D eigenvalue weighted by Crippen LogP contribution is 2.35. The van der Waals surface area contributed by atoms with Gasteiger partial charge in [-0.25, -0.2) is 4.39 Å². The number of amides is 1. The van der Waals surface area contributed by atoms with Gasteiger partial charge in [-0.3, -0.25) is 9.69 Å². The van der Waals surface area contributed by atoms with E-state index in [0.29, 0.717) is 18.4 Å². The quantitative estimate of drug-likeness (QED) is 0.781. The van der Waals surface area contributed by atoms with Gasteiger partial charge in [0.05, 0.1) is 5.54 Å². The van der Waals surface area contributed by atoms with Gasteiger partial charge in [0.2, 0.25) is 5.91 Å². The summed E-state index contributed by atoms with van der Waals surface area (Å²) in [5.74, 6) is 2.80. The first kappa shape index (κ1) is 19.9. The average Bonchev–Trinajstić information content (AvgIpc) is 2.68. The number of benzene rings is 2. The standard InChI is InChI=1S/C23H25FN2O2/c1-3-15-28-20-8-6-7-19(16-20)17-26-13-11-23(12-14-26,25-18(2)27)21-9-4-5-10-22(21)24/h1,4-10,16H,11-15,17H2,2H3,(H,25,27). The number of halogens is 1. The highest BCUT2D eigenvalue weighted by atomic mass is 19.1. The average molecular weight is 380 g/mol. The molecule has 2 aromatic rings. The molecular weight excluding hydrogens is 355 g/mol. The van der Waals surface area contributed by atoms with E-state index in [1.807, 2.05) is 24.3 Å². The summed E-state index contributed by atoms with van der Waals surface area (Å²) >= 11 is 0. The minimum atomic E-state index is -0.661. The molecule has 1 aliphatic rings. The molecule has 0 aliphatic carbocycles. The highest BCUT2D eigenvalue weighted by molar-refractivity contribution is 5.74. The van der Waals surface area contributed by atoms with Crippen molar-refractivity contribution >= 4 is 5.91 Å². The van der Waals surface area contributed by atoms with Crippen LogP contribution >= 0.6 is 0 Å². The SMILES string of the molecule is C#CCOc1cccc(CN2CCC(NC(C)=O)(c3ccccc3F)CC2)c1. The second kappa shape index (κ2) is 8.90. The lowest BCUT2D eigenvalue weighted by Gasteiger charge is -2.42. The van der Waals surface area contributed by atoms with Crippen LogP contribution in [0.15, 0.2) is 48.5 Å². The van der Waals surface area contributed by atoms with Crippen molar-refractivity contribution in [3.05, 3.63) is 65.5 Å². The molecule has 1 aliphatic heterocycles. The Morgan fingerprint density at radius 1 is 1.25 bits per heavy atom. The van der Waals surface area contributed by atoms with Gasteiger partial charge >= 0.3 is 0 Å². The fourth-order valence-corrected chi connectivity index (χ4v) is 3.86. The Bertz CT molecular complexity index is 867. The van der Waals surface area contributed by atoms with Crippen molar-refractivity contribution in [2.45, 2.75) is 31.8 Å². The van der Waals surface area contributed by atoms with Gasteiger partial charge in [0, 0.05) is 32.1 Å². The van der Waals surface area contributed by atoms with Gasteiger partial charge < -0.3 is 10.1 Å². The van der Waals surface area contributed by atoms with Crippen molar-refractivity contribution in [1.29, 1.82) is 0 Å². The predicted molar refractivity (Wildman–Crippen MR) is 107 cm³/mol. The number of nitrogens with zero attached hydrogens (tertiary/aromatic N) is 1. The summed E-state index contributed by atoms with van der Waals surface area (Å²) in [6, 6.07) is 14.6. The second-order valence-electron chi connectivity index (χ2n) is 7.16. The van der Waals surface area contributed by atoms with E-state index in [1.54, 1.807) is 12.1 Å². The van der Waals surface area contributed by atoms with Crippen LogP contribution in [0.4, 0.5) is 4.39 Å². The summed E-state index contributed by atoms with van der Waals surface area (Å²) in [5.41, 5.74) is 1.03. The van der Waals surface area contributed by atoms with E-state index in [0.717, 1.165) is 30.9 Å². The molecule has 28 heavy (non-hydrogen) atoms. The molecule has 1 amide bonds. The fraction of sp³-hybridized carbons (Fsp3) is 0.348. The van der Waals surface area contributed by atoms with Crippen LogP contribution < -0.4 is 10.1 Å². The third-order valence-electron chi connectivity index (χ3n) is 5.14. The van der Waals surface area contributed by atoms with Crippen molar-refractivity contribution in [2.24, 2.45) is 0 Å². The second-order valence-corrected chi connectivity index (χ2v) is 7.16. The molecule has 146 valence electrons. The van der Waals surface area contributed by atoms with Crippen molar-refractivity contribution in [3.63, 3.8) is 0 Å². The number of piperidine rings is 1. The Balaban J connectivity index is 1.70. The first-order valence-corrected chi connectivity index (χ1v) is 9.44. The van der Waals surface area contributed by atoms with Crippen LogP contribution in [-0.2, 0) is 16.9 Å². The zero-order valence-electron chi connectivity index (χ0n) is 16.1. The number of rotatable bonds is 6. The molecule has 0 atom stereocenters. The maximum atomic E-state index is 14.5. The minimum Gasteiger partial charge on any atom is -0.481 e. The summed E-state index contributed by atoms with van der Waals surface area (Å²) in [6.45, 7) is 4.00. The van der Waals surface area contributed by atoms with Crippen LogP contribution in [-0.4, -0.2) is 30.5 Å². The molecule has 5 heteroatoms. The molecular formula is C23H25FN2O2. The molecule has 1 N–H and O–H groups in total. The van der Waals surface area contributed by atoms with Gasteiger partial charge in [-0.05, 0) is 36.6 Å². The molecule has 0 unspecified atom stereocenters. The van der Waals surface area contributed by atoms with Gasteiger partial charge in [0.15, 0.2) is 0 Å². The minimum absolute atomic E-state index is 0.143. The van der Waals surface area contributed by atoms with Crippen molar-refractivity contribution in [1.82, 2.24) is 10.2 Å². The lowest BCUT2D eigenvalue weighted by molar-refractivity contribution is -0.121. The maximum absolute atomic E-state index is 14.5. The van der Waals surface area contributed by atoms with E-state index >= 15 is 0 Å². The zero-order valence-corrected chi connectivity index (χ0v) is 16.1. The van der Waals surface area contributed by atoms with Crippen LogP contribution in [0, 0.1) is 18.2 Å². The normalized spacial score (nSPS) is 16.2. The molecule has 1 saturated heterocycles. The van der Waals surface area contributed by atoms with Gasteiger partial charge in [-0.15, -0.1) is 6.42 Å². The Labute approximate surface area is 165 Å². The van der Waals surface area contributed by atoms with Gasteiger partial charge in [0.25, 0.3) is 0 Å². The summed E-state index contributed by atoms with van der Waals surface area (Å²) in [5, 5.41) is 3.02. The zero-order chi connectivity index (χ0) is 20.0. The summed E-state index contributed by atoms with van der Waals surface area (Å²) in [6.07, 6.45) is 6.55. The van der Waals surface area contributed by atoms with Crippen LogP contribution in [0.1, 0.15) is 30.9 Å². The van der Waals surface area contributed by atoms with Crippen molar-refractivity contribution < 1.29 is 13.9 Å². The number of likely N-dealkylation sites (tertiary alicyclic amines) is 1. The Morgan fingerprint density at radius 2 is 2.00 bits per heavy atom. The lowest BCUT2D eigenvalue weighted by Crippen LogP contribution is -2.52. The Kier molecular flexibility index (Phi) is 6.33. The highest BCUT2D eigenvalue weighted by Gasteiger charge is 2.38. The van der Waals surface area contributed by atoms with Crippen molar-refractivity contribution in [3.8, 4) is 18.1 Å². The van der Waals surface area contributed by atoms with Crippen molar-refractivity contribution in [2.75, 3.05) is 19.7 Å². The van der Waals surface area contributed by atoms with E-state index in [1.165, 1.54) is 13.0 Å². The number of carbonyl (C=O) groups is 1. The third-order valence-corrected chi connectivity index (χ3v) is 5.14. The molecule has 1 fully saturated rings. The molecule has 3 rings (SSSR count). The van der Waals surface area contributed by atoms with Crippen LogP contribution in [0.2, 0.25) is 0 Å².